The highest BCUT2D eigenvalue weighted by molar-refractivity contribution is 7.84. The van der Waals surface area contributed by atoms with Crippen LogP contribution in [0.4, 0.5) is 0 Å². The first kappa shape index (κ1) is 15.7. The summed E-state index contributed by atoms with van der Waals surface area (Å²) in [5, 5.41) is 5.46. The maximum atomic E-state index is 12.5. The van der Waals surface area contributed by atoms with Gasteiger partial charge in [-0.1, -0.05) is 25.8 Å². The number of hydrogen-bond donors (Lipinski definition) is 1. The van der Waals surface area contributed by atoms with E-state index in [0.29, 0.717) is 12.3 Å². The molecule has 2 heterocycles. The van der Waals surface area contributed by atoms with E-state index in [2.05, 4.69) is 12.2 Å². The van der Waals surface area contributed by atoms with Crippen LogP contribution < -0.4 is 5.32 Å². The van der Waals surface area contributed by atoms with Crippen molar-refractivity contribution < 1.29 is 9.00 Å². The number of unbranched alkanes of at least 4 members (excludes halogenated alkanes) is 1. The topological polar surface area (TPSA) is 49.4 Å². The molecule has 1 saturated heterocycles. The van der Waals surface area contributed by atoms with Gasteiger partial charge in [0, 0.05) is 34.2 Å². The third-order valence-corrected chi connectivity index (χ3v) is 5.21. The van der Waals surface area contributed by atoms with E-state index in [9.17, 15) is 9.00 Å². The summed E-state index contributed by atoms with van der Waals surface area (Å²) in [5.74, 6) is 0.692. The zero-order chi connectivity index (χ0) is 14.5. The second kappa shape index (κ2) is 7.33. The summed E-state index contributed by atoms with van der Waals surface area (Å²) in [6, 6.07) is 3.96. The Balaban J connectivity index is 2.10. The molecule has 3 unspecified atom stereocenters. The summed E-state index contributed by atoms with van der Waals surface area (Å²) in [6.45, 7) is 2.69. The molecule has 0 bridgehead atoms. The normalized spacial score (nSPS) is 24.3. The minimum Gasteiger partial charge on any atom is -0.320 e. The molecule has 0 aliphatic carbocycles. The van der Waals surface area contributed by atoms with E-state index in [-0.39, 0.29) is 18.1 Å². The van der Waals surface area contributed by atoms with Gasteiger partial charge in [-0.2, -0.15) is 0 Å². The standard InChI is InChI=1S/C14H22N2O2S2/c1-3-4-6-11-14(17)16(8-10-20(2)18)13(15-11)12-7-5-9-19-12/h5,7,9,11,13,15H,3-4,6,8,10H2,1-2H3. The molecular formula is C14H22N2O2S2. The molecule has 3 atom stereocenters. The molecule has 1 N–H and O–H groups in total. The lowest BCUT2D eigenvalue weighted by atomic mass is 10.1. The molecule has 4 nitrogen and oxygen atoms in total. The number of amides is 1. The van der Waals surface area contributed by atoms with Gasteiger partial charge in [0.25, 0.3) is 0 Å². The number of nitrogens with zero attached hydrogens (tertiary/aromatic N) is 1. The largest absolute Gasteiger partial charge is 0.320 e. The van der Waals surface area contributed by atoms with Gasteiger partial charge < -0.3 is 4.90 Å². The SMILES string of the molecule is CCCCC1NC(c2cccs2)N(CCS(C)=O)C1=O. The average molecular weight is 314 g/mol. The fourth-order valence-corrected chi connectivity index (χ4v) is 3.69. The Bertz CT molecular complexity index is 462. The Labute approximate surface area is 127 Å². The Hall–Kier alpha value is -0.720. The van der Waals surface area contributed by atoms with Crippen LogP contribution in [-0.4, -0.2) is 39.6 Å². The Kier molecular flexibility index (Phi) is 5.74. The molecule has 2 rings (SSSR count). The molecule has 1 aliphatic rings. The molecular weight excluding hydrogens is 292 g/mol. The third kappa shape index (κ3) is 3.68. The Morgan fingerprint density at radius 2 is 2.30 bits per heavy atom. The molecule has 20 heavy (non-hydrogen) atoms. The van der Waals surface area contributed by atoms with Gasteiger partial charge in [0.15, 0.2) is 0 Å². The first-order chi connectivity index (χ1) is 9.63. The maximum absolute atomic E-state index is 12.5. The minimum absolute atomic E-state index is 0.0482. The average Bonchev–Trinajstić information content (AvgIpc) is 3.02. The van der Waals surface area contributed by atoms with Gasteiger partial charge in [-0.3, -0.25) is 14.3 Å². The highest BCUT2D eigenvalue weighted by Crippen LogP contribution is 2.29. The molecule has 1 aliphatic heterocycles. The summed E-state index contributed by atoms with van der Waals surface area (Å²) in [6.07, 6.45) is 4.65. The van der Waals surface area contributed by atoms with Gasteiger partial charge in [-0.25, -0.2) is 0 Å². The van der Waals surface area contributed by atoms with E-state index < -0.39 is 10.8 Å². The number of rotatable bonds is 7. The molecule has 0 saturated carbocycles. The van der Waals surface area contributed by atoms with Crippen LogP contribution in [0, 0.1) is 0 Å². The van der Waals surface area contributed by atoms with E-state index in [1.807, 2.05) is 22.4 Å². The zero-order valence-electron chi connectivity index (χ0n) is 12.0. The van der Waals surface area contributed by atoms with Crippen LogP contribution in [0.15, 0.2) is 17.5 Å². The van der Waals surface area contributed by atoms with Crippen molar-refractivity contribution in [2.45, 2.75) is 38.4 Å². The molecule has 112 valence electrons. The van der Waals surface area contributed by atoms with Gasteiger partial charge in [0.1, 0.15) is 6.17 Å². The van der Waals surface area contributed by atoms with E-state index in [0.717, 1.165) is 24.1 Å². The summed E-state index contributed by atoms with van der Waals surface area (Å²) in [7, 11) is -0.873. The van der Waals surface area contributed by atoms with Crippen molar-refractivity contribution in [3.63, 3.8) is 0 Å². The van der Waals surface area contributed by atoms with Crippen molar-refractivity contribution >= 4 is 28.0 Å². The van der Waals surface area contributed by atoms with E-state index in [1.165, 1.54) is 0 Å². The number of carbonyl (C=O) groups excluding carboxylic acids is 1. The molecule has 0 spiro atoms. The number of hydrogen-bond acceptors (Lipinski definition) is 4. The van der Waals surface area contributed by atoms with Crippen molar-refractivity contribution in [2.75, 3.05) is 18.6 Å². The predicted octanol–water partition coefficient (Wildman–Crippen LogP) is 2.12. The summed E-state index contributed by atoms with van der Waals surface area (Å²) < 4.78 is 11.3. The van der Waals surface area contributed by atoms with Crippen molar-refractivity contribution in [1.82, 2.24) is 10.2 Å². The minimum atomic E-state index is -0.873. The van der Waals surface area contributed by atoms with Crippen LogP contribution in [0.2, 0.25) is 0 Å². The van der Waals surface area contributed by atoms with E-state index >= 15 is 0 Å². The Morgan fingerprint density at radius 1 is 1.50 bits per heavy atom. The molecule has 0 aromatic carbocycles. The molecule has 1 amide bonds. The van der Waals surface area contributed by atoms with Crippen LogP contribution in [0.1, 0.15) is 37.2 Å². The molecule has 0 radical (unpaired) electrons. The molecule has 6 heteroatoms. The summed E-state index contributed by atoms with van der Waals surface area (Å²) in [5.41, 5.74) is 0. The van der Waals surface area contributed by atoms with Gasteiger partial charge in [-0.15, -0.1) is 11.3 Å². The van der Waals surface area contributed by atoms with Gasteiger partial charge in [0.05, 0.1) is 6.04 Å². The fraction of sp³-hybridized carbons (Fsp3) is 0.643. The van der Waals surface area contributed by atoms with Crippen LogP contribution >= 0.6 is 11.3 Å². The van der Waals surface area contributed by atoms with Crippen molar-refractivity contribution in [2.24, 2.45) is 0 Å². The second-order valence-corrected chi connectivity index (χ2v) is 7.62. The Morgan fingerprint density at radius 3 is 2.90 bits per heavy atom. The van der Waals surface area contributed by atoms with Crippen molar-refractivity contribution in [3.05, 3.63) is 22.4 Å². The monoisotopic (exact) mass is 314 g/mol. The smallest absolute Gasteiger partial charge is 0.241 e. The van der Waals surface area contributed by atoms with Crippen molar-refractivity contribution in [3.8, 4) is 0 Å². The number of carbonyl (C=O) groups is 1. The third-order valence-electron chi connectivity index (χ3n) is 3.53. The number of thiophene rings is 1. The number of nitrogens with one attached hydrogen (secondary N) is 1. The summed E-state index contributed by atoms with van der Waals surface area (Å²) >= 11 is 1.65. The molecule has 1 aromatic heterocycles. The lowest BCUT2D eigenvalue weighted by molar-refractivity contribution is -0.129. The summed E-state index contributed by atoms with van der Waals surface area (Å²) in [4.78, 5) is 15.5. The van der Waals surface area contributed by atoms with Crippen LogP contribution in [-0.2, 0) is 15.6 Å². The lowest BCUT2D eigenvalue weighted by Gasteiger charge is -2.22. The quantitative estimate of drug-likeness (QED) is 0.838. The van der Waals surface area contributed by atoms with Crippen LogP contribution in [0.3, 0.4) is 0 Å². The zero-order valence-corrected chi connectivity index (χ0v) is 13.6. The van der Waals surface area contributed by atoms with Crippen molar-refractivity contribution in [1.29, 1.82) is 0 Å². The molecule has 1 fully saturated rings. The van der Waals surface area contributed by atoms with Gasteiger partial charge >= 0.3 is 0 Å². The maximum Gasteiger partial charge on any atom is 0.241 e. The van der Waals surface area contributed by atoms with E-state index in [1.54, 1.807) is 17.6 Å². The van der Waals surface area contributed by atoms with Crippen LogP contribution in [0.25, 0.3) is 0 Å². The van der Waals surface area contributed by atoms with Crippen LogP contribution in [0.5, 0.6) is 0 Å². The highest BCUT2D eigenvalue weighted by atomic mass is 32.2. The lowest BCUT2D eigenvalue weighted by Crippen LogP contribution is -2.34. The predicted molar refractivity (Wildman–Crippen MR) is 84.2 cm³/mol. The first-order valence-corrected chi connectivity index (χ1v) is 9.64. The van der Waals surface area contributed by atoms with Gasteiger partial charge in [-0.05, 0) is 17.9 Å². The second-order valence-electron chi connectivity index (χ2n) is 5.09. The fourth-order valence-electron chi connectivity index (χ4n) is 2.44. The van der Waals surface area contributed by atoms with Gasteiger partial charge in [0.2, 0.25) is 5.91 Å². The van der Waals surface area contributed by atoms with E-state index in [4.69, 9.17) is 0 Å². The molecule has 1 aromatic rings. The highest BCUT2D eigenvalue weighted by Gasteiger charge is 2.39. The first-order valence-electron chi connectivity index (χ1n) is 7.03.